The highest BCUT2D eigenvalue weighted by atomic mass is 35.5. The summed E-state index contributed by atoms with van der Waals surface area (Å²) in [6, 6.07) is 12.5. The molecule has 4 rings (SSSR count). The second kappa shape index (κ2) is 9.37. The summed E-state index contributed by atoms with van der Waals surface area (Å²) in [6.45, 7) is 5.58. The van der Waals surface area contributed by atoms with Crippen molar-refractivity contribution in [2.24, 2.45) is 7.05 Å². The quantitative estimate of drug-likeness (QED) is 0.376. The van der Waals surface area contributed by atoms with Crippen molar-refractivity contribution in [3.8, 4) is 16.9 Å². The van der Waals surface area contributed by atoms with Crippen molar-refractivity contribution in [2.75, 3.05) is 0 Å². The van der Waals surface area contributed by atoms with Crippen LogP contribution in [0.4, 0.5) is 0 Å². The largest absolute Gasteiger partial charge is 0.338 e. The second-order valence-corrected chi connectivity index (χ2v) is 9.51. The van der Waals surface area contributed by atoms with Gasteiger partial charge in [0.2, 0.25) is 0 Å². The van der Waals surface area contributed by atoms with Gasteiger partial charge in [-0.2, -0.15) is 9.90 Å². The van der Waals surface area contributed by atoms with Crippen molar-refractivity contribution in [1.29, 1.82) is 0 Å². The molecule has 2 heterocycles. The highest BCUT2D eigenvalue weighted by Crippen LogP contribution is 2.34. The lowest BCUT2D eigenvalue weighted by Gasteiger charge is -2.22. The first-order valence-corrected chi connectivity index (χ1v) is 11.6. The molecule has 4 aromatic rings. The number of hydrogen-bond acceptors (Lipinski definition) is 5. The lowest BCUT2D eigenvalue weighted by atomic mass is 10.0. The number of aromatic nitrogens is 6. The number of nitrogens with one attached hydrogen (secondary N) is 1. The van der Waals surface area contributed by atoms with Crippen molar-refractivity contribution in [1.82, 2.24) is 35.3 Å². The minimum absolute atomic E-state index is 0.274. The summed E-state index contributed by atoms with van der Waals surface area (Å²) in [6.07, 6.45) is 0.551. The fourth-order valence-electron chi connectivity index (χ4n) is 3.63. The first-order valence-electron chi connectivity index (χ1n) is 10.5. The van der Waals surface area contributed by atoms with Gasteiger partial charge in [-0.1, -0.05) is 53.9 Å². The molecule has 0 bridgehead atoms. The number of aryl methyl sites for hydroxylation is 1. The summed E-state index contributed by atoms with van der Waals surface area (Å²) in [5.74, 6) is 0.0212. The maximum absolute atomic E-state index is 13.5. The topological polar surface area (TPSA) is 90.5 Å². The molecular formula is C23H22Cl3N7O. The molecule has 0 unspecified atom stereocenters. The van der Waals surface area contributed by atoms with Crippen molar-refractivity contribution >= 4 is 40.7 Å². The van der Waals surface area contributed by atoms with Crippen LogP contribution in [0, 0.1) is 0 Å². The van der Waals surface area contributed by atoms with E-state index in [2.05, 4.69) is 20.7 Å². The van der Waals surface area contributed by atoms with E-state index in [0.717, 1.165) is 16.8 Å². The Morgan fingerprint density at radius 1 is 1.03 bits per heavy atom. The standard InChI is InChI=1S/C23H22Cl3N7O/c1-5-16-19(21(34)27-23(2,3)22-28-31-32(4)30-22)29-33(18-11-10-15(25)12-17(18)26)20(16)13-6-8-14(24)9-7-13/h6-12H,5H2,1-4H3,(H,27,34). The number of nitrogens with zero attached hydrogens (tertiary/aromatic N) is 6. The van der Waals surface area contributed by atoms with Crippen LogP contribution >= 0.6 is 34.8 Å². The highest BCUT2D eigenvalue weighted by Gasteiger charge is 2.32. The van der Waals surface area contributed by atoms with Gasteiger partial charge in [0.15, 0.2) is 11.5 Å². The smallest absolute Gasteiger partial charge is 0.272 e. The number of halogens is 3. The third-order valence-corrected chi connectivity index (χ3v) is 6.09. The zero-order valence-corrected chi connectivity index (χ0v) is 21.2. The van der Waals surface area contributed by atoms with Gasteiger partial charge in [0.25, 0.3) is 5.91 Å². The van der Waals surface area contributed by atoms with Gasteiger partial charge in [-0.25, -0.2) is 4.68 Å². The van der Waals surface area contributed by atoms with Gasteiger partial charge >= 0.3 is 0 Å². The summed E-state index contributed by atoms with van der Waals surface area (Å²) in [5, 5.41) is 21.3. The highest BCUT2D eigenvalue weighted by molar-refractivity contribution is 6.35. The fourth-order valence-corrected chi connectivity index (χ4v) is 4.25. The molecule has 0 spiro atoms. The molecule has 1 amide bonds. The molecule has 2 aromatic carbocycles. The van der Waals surface area contributed by atoms with E-state index >= 15 is 0 Å². The lowest BCUT2D eigenvalue weighted by molar-refractivity contribution is 0.0901. The Morgan fingerprint density at radius 3 is 2.29 bits per heavy atom. The van der Waals surface area contributed by atoms with Crippen LogP contribution in [0.5, 0.6) is 0 Å². The lowest BCUT2D eigenvalue weighted by Crippen LogP contribution is -2.42. The molecule has 0 saturated heterocycles. The van der Waals surface area contributed by atoms with Crippen LogP contribution in [-0.4, -0.2) is 35.9 Å². The Hall–Kier alpha value is -2.94. The van der Waals surface area contributed by atoms with E-state index < -0.39 is 5.54 Å². The predicted molar refractivity (Wildman–Crippen MR) is 133 cm³/mol. The van der Waals surface area contributed by atoms with Crippen LogP contribution in [0.25, 0.3) is 16.9 Å². The van der Waals surface area contributed by atoms with Gasteiger partial charge in [-0.15, -0.1) is 10.2 Å². The Kier molecular flexibility index (Phi) is 6.66. The van der Waals surface area contributed by atoms with E-state index in [1.165, 1.54) is 4.80 Å². The van der Waals surface area contributed by atoms with Crippen LogP contribution in [0.15, 0.2) is 42.5 Å². The van der Waals surface area contributed by atoms with E-state index in [0.29, 0.717) is 33.0 Å². The molecule has 34 heavy (non-hydrogen) atoms. The van der Waals surface area contributed by atoms with Crippen molar-refractivity contribution in [2.45, 2.75) is 32.7 Å². The number of carbonyl (C=O) groups excluding carboxylic acids is 1. The van der Waals surface area contributed by atoms with E-state index in [1.807, 2.05) is 19.1 Å². The predicted octanol–water partition coefficient (Wildman–Crippen LogP) is 5.25. The Labute approximate surface area is 211 Å². The van der Waals surface area contributed by atoms with E-state index in [9.17, 15) is 4.79 Å². The van der Waals surface area contributed by atoms with E-state index in [4.69, 9.17) is 39.9 Å². The van der Waals surface area contributed by atoms with Gasteiger partial charge in [-0.05, 0) is 55.8 Å². The Bertz CT molecular complexity index is 1360. The molecule has 0 saturated carbocycles. The van der Waals surface area contributed by atoms with Gasteiger partial charge in [0.1, 0.15) is 0 Å². The maximum Gasteiger partial charge on any atom is 0.272 e. The fraction of sp³-hybridized carbons (Fsp3) is 0.261. The van der Waals surface area contributed by atoms with Crippen LogP contribution in [0.2, 0.25) is 15.1 Å². The number of carbonyl (C=O) groups is 1. The maximum atomic E-state index is 13.5. The van der Waals surface area contributed by atoms with Crippen LogP contribution < -0.4 is 5.32 Å². The molecule has 1 N–H and O–H groups in total. The Balaban J connectivity index is 1.86. The zero-order chi connectivity index (χ0) is 24.6. The zero-order valence-electron chi connectivity index (χ0n) is 19.0. The third kappa shape index (κ3) is 4.66. The van der Waals surface area contributed by atoms with Crippen LogP contribution in [-0.2, 0) is 19.0 Å². The molecular weight excluding hydrogens is 497 g/mol. The molecule has 0 aliphatic rings. The SMILES string of the molecule is CCc1c(C(=O)NC(C)(C)c2nnn(C)n2)nn(-c2ccc(Cl)cc2Cl)c1-c1ccc(Cl)cc1. The number of tetrazole rings is 1. The first kappa shape index (κ1) is 24.2. The monoisotopic (exact) mass is 517 g/mol. The summed E-state index contributed by atoms with van der Waals surface area (Å²) >= 11 is 18.8. The van der Waals surface area contributed by atoms with Crippen LogP contribution in [0.3, 0.4) is 0 Å². The molecule has 11 heteroatoms. The van der Waals surface area contributed by atoms with E-state index in [-0.39, 0.29) is 11.6 Å². The average molecular weight is 519 g/mol. The van der Waals surface area contributed by atoms with Crippen molar-refractivity contribution in [3.63, 3.8) is 0 Å². The first-order chi connectivity index (χ1) is 16.1. The molecule has 0 aliphatic carbocycles. The molecule has 0 aliphatic heterocycles. The molecule has 0 fully saturated rings. The molecule has 2 aromatic heterocycles. The normalized spacial score (nSPS) is 11.6. The molecule has 8 nitrogen and oxygen atoms in total. The average Bonchev–Trinajstić information content (AvgIpc) is 3.38. The van der Waals surface area contributed by atoms with Crippen molar-refractivity contribution in [3.05, 3.63) is 74.6 Å². The van der Waals surface area contributed by atoms with Gasteiger partial charge in [0, 0.05) is 21.2 Å². The summed E-state index contributed by atoms with van der Waals surface area (Å²) in [7, 11) is 1.67. The number of amides is 1. The Morgan fingerprint density at radius 2 is 1.71 bits per heavy atom. The number of hydrogen-bond donors (Lipinski definition) is 1. The number of benzene rings is 2. The third-order valence-electron chi connectivity index (χ3n) is 5.30. The molecule has 176 valence electrons. The molecule has 0 atom stereocenters. The molecule has 0 radical (unpaired) electrons. The van der Waals surface area contributed by atoms with Gasteiger partial charge in [-0.3, -0.25) is 4.79 Å². The minimum Gasteiger partial charge on any atom is -0.338 e. The van der Waals surface area contributed by atoms with E-state index in [1.54, 1.807) is 55.9 Å². The minimum atomic E-state index is -0.877. The second-order valence-electron chi connectivity index (χ2n) is 8.23. The van der Waals surface area contributed by atoms with Crippen LogP contribution in [0.1, 0.15) is 42.6 Å². The summed E-state index contributed by atoms with van der Waals surface area (Å²) in [4.78, 5) is 14.8. The number of rotatable bonds is 6. The van der Waals surface area contributed by atoms with Crippen molar-refractivity contribution < 1.29 is 4.79 Å². The summed E-state index contributed by atoms with van der Waals surface area (Å²) in [5.41, 5.74) is 2.33. The van der Waals surface area contributed by atoms with Gasteiger partial charge < -0.3 is 5.32 Å². The summed E-state index contributed by atoms with van der Waals surface area (Å²) < 4.78 is 1.67. The van der Waals surface area contributed by atoms with Gasteiger partial charge in [0.05, 0.1) is 29.0 Å².